The predicted octanol–water partition coefficient (Wildman–Crippen LogP) is 2.18. The Balaban J connectivity index is 1.73. The number of benzene rings is 1. The second-order valence-corrected chi connectivity index (χ2v) is 9.14. The number of nitrogens with one attached hydrogen (secondary N) is 1. The van der Waals surface area contributed by atoms with Crippen molar-refractivity contribution in [2.24, 2.45) is 4.99 Å². The number of nitrogens with zero attached hydrogens (tertiary/aromatic N) is 4. The normalized spacial score (nSPS) is 19.8. The van der Waals surface area contributed by atoms with E-state index >= 15 is 0 Å². The van der Waals surface area contributed by atoms with Crippen LogP contribution in [0.4, 0.5) is 4.39 Å². The summed E-state index contributed by atoms with van der Waals surface area (Å²) in [6.07, 6.45) is 1.68. The van der Waals surface area contributed by atoms with Crippen molar-refractivity contribution in [3.63, 3.8) is 0 Å². The Kier molecular flexibility index (Phi) is 7.45. The number of hydrogen-bond acceptors (Lipinski definition) is 9. The molecule has 174 valence electrons. The Labute approximate surface area is 200 Å². The largest absolute Gasteiger partial charge is 0.466 e. The molecule has 0 bridgehead atoms. The molecule has 1 atom stereocenters. The average Bonchev–Trinajstić information content (AvgIpc) is 3.33. The van der Waals surface area contributed by atoms with Crippen molar-refractivity contribution in [3.05, 3.63) is 62.5 Å². The Bertz CT molecular complexity index is 1070. The van der Waals surface area contributed by atoms with Crippen LogP contribution in [0.15, 0.2) is 46.0 Å². The van der Waals surface area contributed by atoms with Gasteiger partial charge in [-0.25, -0.2) is 14.2 Å². The van der Waals surface area contributed by atoms with Gasteiger partial charge in [-0.2, -0.15) is 0 Å². The van der Waals surface area contributed by atoms with Crippen molar-refractivity contribution in [2.45, 2.75) is 12.9 Å². The Morgan fingerprint density at radius 2 is 2.15 bits per heavy atom. The molecule has 2 aliphatic rings. The van der Waals surface area contributed by atoms with E-state index in [1.807, 2.05) is 10.2 Å². The van der Waals surface area contributed by atoms with E-state index in [4.69, 9.17) is 21.3 Å². The highest BCUT2D eigenvalue weighted by molar-refractivity contribution is 7.11. The number of hydrogen-bond donors (Lipinski definition) is 2. The van der Waals surface area contributed by atoms with E-state index in [0.717, 1.165) is 13.1 Å². The van der Waals surface area contributed by atoms with Crippen molar-refractivity contribution >= 4 is 41.8 Å². The minimum atomic E-state index is -0.778. The summed E-state index contributed by atoms with van der Waals surface area (Å²) in [7, 11) is 0.816. The molecule has 1 aromatic carbocycles. The zero-order valence-corrected chi connectivity index (χ0v) is 19.9. The van der Waals surface area contributed by atoms with Crippen LogP contribution in [0.5, 0.6) is 0 Å². The number of aliphatic imine (C=N–C) groups is 1. The molecule has 2 aromatic rings. The zero-order chi connectivity index (χ0) is 23.5. The van der Waals surface area contributed by atoms with E-state index in [2.05, 4.69) is 15.2 Å². The number of halogens is 2. The molecule has 1 fully saturated rings. The SMILES string of the molecule is COC(=O)C1=C(CN2CCN(B(C)O)CC2)NC(c2nccs2)=N[C@H]1c1ccc(F)cc1Cl. The lowest BCUT2D eigenvalue weighted by molar-refractivity contribution is -0.136. The van der Waals surface area contributed by atoms with Crippen LogP contribution in [0.1, 0.15) is 16.6 Å². The minimum Gasteiger partial charge on any atom is -0.466 e. The molecule has 0 amide bonds. The lowest BCUT2D eigenvalue weighted by Gasteiger charge is -2.37. The molecule has 0 spiro atoms. The van der Waals surface area contributed by atoms with E-state index in [0.29, 0.717) is 47.3 Å². The van der Waals surface area contributed by atoms with E-state index in [-0.39, 0.29) is 5.02 Å². The summed E-state index contributed by atoms with van der Waals surface area (Å²) in [5.74, 6) is -0.491. The number of carbonyl (C=O) groups is 1. The summed E-state index contributed by atoms with van der Waals surface area (Å²) in [5.41, 5.74) is 1.47. The molecular weight excluding hydrogens is 468 g/mol. The fourth-order valence-electron chi connectivity index (χ4n) is 3.99. The molecule has 0 aliphatic carbocycles. The fourth-order valence-corrected chi connectivity index (χ4v) is 4.85. The van der Waals surface area contributed by atoms with Gasteiger partial charge in [0.1, 0.15) is 11.9 Å². The lowest BCUT2D eigenvalue weighted by atomic mass is 9.84. The summed E-state index contributed by atoms with van der Waals surface area (Å²) in [4.78, 5) is 26.2. The van der Waals surface area contributed by atoms with Crippen LogP contribution in [0.2, 0.25) is 11.8 Å². The molecule has 4 rings (SSSR count). The first-order chi connectivity index (χ1) is 15.9. The third-order valence-electron chi connectivity index (χ3n) is 5.74. The van der Waals surface area contributed by atoms with Gasteiger partial charge in [-0.3, -0.25) is 9.89 Å². The van der Waals surface area contributed by atoms with E-state index in [1.54, 1.807) is 19.1 Å². The van der Waals surface area contributed by atoms with Crippen molar-refractivity contribution in [1.29, 1.82) is 0 Å². The molecule has 0 radical (unpaired) electrons. The maximum absolute atomic E-state index is 13.7. The van der Waals surface area contributed by atoms with Crippen LogP contribution in [-0.2, 0) is 9.53 Å². The van der Waals surface area contributed by atoms with Crippen LogP contribution >= 0.6 is 22.9 Å². The molecule has 8 nitrogen and oxygen atoms in total. The average molecular weight is 492 g/mol. The minimum absolute atomic E-state index is 0.176. The molecule has 0 unspecified atom stereocenters. The van der Waals surface area contributed by atoms with Gasteiger partial charge in [0.2, 0.25) is 0 Å². The Morgan fingerprint density at radius 3 is 2.76 bits per heavy atom. The third kappa shape index (κ3) is 5.28. The summed E-state index contributed by atoms with van der Waals surface area (Å²) >= 11 is 7.79. The first kappa shape index (κ1) is 23.8. The Hall–Kier alpha value is -2.31. The topological polar surface area (TPSA) is 90.3 Å². The van der Waals surface area contributed by atoms with Gasteiger partial charge in [-0.05, 0) is 19.0 Å². The van der Waals surface area contributed by atoms with Crippen molar-refractivity contribution in [2.75, 3.05) is 39.8 Å². The molecule has 1 saturated heterocycles. The number of piperazine rings is 1. The monoisotopic (exact) mass is 491 g/mol. The molecule has 2 N–H and O–H groups in total. The van der Waals surface area contributed by atoms with Gasteiger partial charge in [0.15, 0.2) is 10.8 Å². The van der Waals surface area contributed by atoms with Gasteiger partial charge in [0.25, 0.3) is 0 Å². The van der Waals surface area contributed by atoms with Gasteiger partial charge in [0.05, 0.1) is 12.7 Å². The number of carbonyl (C=O) groups excluding carboxylic acids is 1. The Morgan fingerprint density at radius 1 is 1.39 bits per heavy atom. The standard InChI is InChI=1S/C21H24BClFN5O3S/c1-22(31)29-8-6-28(7-9-29)12-16-17(21(30)32-2)18(14-4-3-13(24)11-15(14)23)27-19(26-16)20-25-5-10-33-20/h3-5,10-11,18,31H,6-9,12H2,1-2H3,(H,26,27)/t18-/m0/s1. The quantitative estimate of drug-likeness (QED) is 0.473. The highest BCUT2D eigenvalue weighted by Gasteiger charge is 2.35. The summed E-state index contributed by atoms with van der Waals surface area (Å²) in [6, 6.07) is 3.27. The van der Waals surface area contributed by atoms with Crippen LogP contribution in [0, 0.1) is 5.82 Å². The zero-order valence-electron chi connectivity index (χ0n) is 18.3. The fraction of sp³-hybridized carbons (Fsp3) is 0.381. The van der Waals surface area contributed by atoms with Crippen LogP contribution in [-0.4, -0.2) is 78.4 Å². The van der Waals surface area contributed by atoms with Gasteiger partial charge in [-0.15, -0.1) is 11.3 Å². The van der Waals surface area contributed by atoms with Gasteiger partial charge in [0, 0.05) is 60.6 Å². The van der Waals surface area contributed by atoms with E-state index < -0.39 is 24.9 Å². The maximum atomic E-state index is 13.7. The van der Waals surface area contributed by atoms with Crippen molar-refractivity contribution in [3.8, 4) is 0 Å². The van der Waals surface area contributed by atoms with Crippen LogP contribution < -0.4 is 5.32 Å². The number of methoxy groups -OCH3 is 1. The second-order valence-electron chi connectivity index (χ2n) is 7.84. The molecule has 0 saturated carbocycles. The summed E-state index contributed by atoms with van der Waals surface area (Å²) < 4.78 is 18.8. The number of esters is 1. The summed E-state index contributed by atoms with van der Waals surface area (Å²) in [5, 5.41) is 15.8. The molecule has 2 aliphatic heterocycles. The lowest BCUT2D eigenvalue weighted by Crippen LogP contribution is -2.52. The number of rotatable bonds is 6. The van der Waals surface area contributed by atoms with Crippen LogP contribution in [0.3, 0.4) is 0 Å². The van der Waals surface area contributed by atoms with E-state index in [1.165, 1.54) is 30.6 Å². The molecular formula is C21H24BClFN5O3S. The summed E-state index contributed by atoms with van der Waals surface area (Å²) in [6.45, 7) is 5.05. The van der Waals surface area contributed by atoms with Crippen molar-refractivity contribution < 1.29 is 18.9 Å². The van der Waals surface area contributed by atoms with E-state index in [9.17, 15) is 14.2 Å². The highest BCUT2D eigenvalue weighted by Crippen LogP contribution is 2.36. The predicted molar refractivity (Wildman–Crippen MR) is 127 cm³/mol. The molecule has 33 heavy (non-hydrogen) atoms. The number of amidine groups is 1. The maximum Gasteiger partial charge on any atom is 0.376 e. The second kappa shape index (κ2) is 10.3. The number of ether oxygens (including phenoxy) is 1. The van der Waals surface area contributed by atoms with Gasteiger partial charge >= 0.3 is 13.0 Å². The third-order valence-corrected chi connectivity index (χ3v) is 6.85. The van der Waals surface area contributed by atoms with Crippen LogP contribution in [0.25, 0.3) is 0 Å². The smallest absolute Gasteiger partial charge is 0.376 e. The van der Waals surface area contributed by atoms with Gasteiger partial charge in [-0.1, -0.05) is 17.7 Å². The number of thiazole rings is 1. The molecule has 12 heteroatoms. The highest BCUT2D eigenvalue weighted by atomic mass is 35.5. The first-order valence-electron chi connectivity index (χ1n) is 10.5. The first-order valence-corrected chi connectivity index (χ1v) is 11.8. The van der Waals surface area contributed by atoms with Crippen molar-refractivity contribution in [1.82, 2.24) is 20.0 Å². The molecule has 3 heterocycles. The van der Waals surface area contributed by atoms with Gasteiger partial charge < -0.3 is 19.9 Å². The molecule has 1 aromatic heterocycles. The number of aromatic nitrogens is 1.